The van der Waals surface area contributed by atoms with Crippen LogP contribution in [0.4, 0.5) is 17.3 Å². The molecule has 0 unspecified atom stereocenters. The van der Waals surface area contributed by atoms with Crippen LogP contribution in [0.3, 0.4) is 0 Å². The Balaban J connectivity index is 2.37. The number of hydrogen-bond acceptors (Lipinski definition) is 6. The summed E-state index contributed by atoms with van der Waals surface area (Å²) in [5.41, 5.74) is 2.12. The fourth-order valence-electron chi connectivity index (χ4n) is 2.12. The molecule has 1 aromatic heterocycles. The molecule has 2 aromatic rings. The van der Waals surface area contributed by atoms with E-state index >= 15 is 0 Å². The van der Waals surface area contributed by atoms with Gasteiger partial charge in [-0.25, -0.2) is 9.97 Å². The number of nitro groups is 1. The zero-order valence-corrected chi connectivity index (χ0v) is 12.2. The summed E-state index contributed by atoms with van der Waals surface area (Å²) in [5, 5.41) is 14.0. The first kappa shape index (κ1) is 14.7. The molecule has 0 bridgehead atoms. The molecule has 0 saturated carbocycles. The summed E-state index contributed by atoms with van der Waals surface area (Å²) in [6.07, 6.45) is 1.32. The van der Waals surface area contributed by atoms with Crippen molar-refractivity contribution in [2.24, 2.45) is 0 Å². The van der Waals surface area contributed by atoms with E-state index in [4.69, 9.17) is 0 Å². The molecule has 0 aliphatic rings. The fraction of sp³-hybridized carbons (Fsp3) is 0.286. The quantitative estimate of drug-likeness (QED) is 0.671. The molecule has 21 heavy (non-hydrogen) atoms. The van der Waals surface area contributed by atoms with Gasteiger partial charge in [0.2, 0.25) is 11.6 Å². The summed E-state index contributed by atoms with van der Waals surface area (Å²) in [5.74, 6) is 0.504. The second kappa shape index (κ2) is 6.17. The molecular formula is C14H17N5O2. The fourth-order valence-corrected chi connectivity index (χ4v) is 2.12. The Morgan fingerprint density at radius 2 is 2.05 bits per heavy atom. The minimum Gasteiger partial charge on any atom is -0.367 e. The van der Waals surface area contributed by atoms with Gasteiger partial charge in [0.1, 0.15) is 6.33 Å². The topological polar surface area (TPSA) is 84.2 Å². The van der Waals surface area contributed by atoms with Gasteiger partial charge in [-0.1, -0.05) is 24.3 Å². The normalized spacial score (nSPS) is 10.2. The van der Waals surface area contributed by atoms with Gasteiger partial charge in [0.15, 0.2) is 0 Å². The largest absolute Gasteiger partial charge is 0.367 e. The van der Waals surface area contributed by atoms with E-state index in [2.05, 4.69) is 15.3 Å². The van der Waals surface area contributed by atoms with E-state index in [-0.39, 0.29) is 11.5 Å². The lowest BCUT2D eigenvalue weighted by molar-refractivity contribution is -0.383. The lowest BCUT2D eigenvalue weighted by Crippen LogP contribution is -2.20. The molecule has 2 rings (SSSR count). The van der Waals surface area contributed by atoms with Gasteiger partial charge in [0.25, 0.3) is 0 Å². The third-order valence-electron chi connectivity index (χ3n) is 3.25. The molecule has 7 heteroatoms. The van der Waals surface area contributed by atoms with Crippen molar-refractivity contribution in [3.8, 4) is 0 Å². The van der Waals surface area contributed by atoms with E-state index in [1.807, 2.05) is 31.2 Å². The minimum absolute atomic E-state index is 0.115. The second-order valence-electron chi connectivity index (χ2n) is 4.68. The Morgan fingerprint density at radius 3 is 2.67 bits per heavy atom. The predicted octanol–water partition coefficient (Wildman–Crippen LogP) is 2.37. The standard InChI is InChI=1S/C14H17N5O2/c1-10-6-4-5-7-11(10)8-18(3)14-12(19(20)21)13(15-2)16-9-17-14/h4-7,9H,8H2,1-3H3,(H,15,16,17). The Labute approximate surface area is 122 Å². The molecule has 0 aliphatic heterocycles. The van der Waals surface area contributed by atoms with E-state index < -0.39 is 4.92 Å². The van der Waals surface area contributed by atoms with Crippen LogP contribution in [0, 0.1) is 17.0 Å². The molecular weight excluding hydrogens is 270 g/mol. The number of hydrogen-bond donors (Lipinski definition) is 1. The van der Waals surface area contributed by atoms with Crippen molar-refractivity contribution in [1.82, 2.24) is 9.97 Å². The van der Waals surface area contributed by atoms with Gasteiger partial charge in [0.05, 0.1) is 4.92 Å². The highest BCUT2D eigenvalue weighted by Gasteiger charge is 2.24. The van der Waals surface area contributed by atoms with E-state index in [0.29, 0.717) is 12.4 Å². The highest BCUT2D eigenvalue weighted by Crippen LogP contribution is 2.31. The molecule has 0 atom stereocenters. The monoisotopic (exact) mass is 287 g/mol. The third kappa shape index (κ3) is 3.07. The first-order chi connectivity index (χ1) is 10.0. The van der Waals surface area contributed by atoms with Crippen molar-refractivity contribution >= 4 is 17.3 Å². The molecule has 0 fully saturated rings. The number of aromatic nitrogens is 2. The molecule has 1 heterocycles. The Kier molecular flexibility index (Phi) is 4.32. The Bertz CT molecular complexity index is 660. The summed E-state index contributed by atoms with van der Waals surface area (Å²) in [4.78, 5) is 20.5. The van der Waals surface area contributed by atoms with Crippen molar-refractivity contribution in [3.05, 3.63) is 51.8 Å². The molecule has 7 nitrogen and oxygen atoms in total. The van der Waals surface area contributed by atoms with Crippen molar-refractivity contribution in [2.45, 2.75) is 13.5 Å². The van der Waals surface area contributed by atoms with Crippen LogP contribution in [-0.4, -0.2) is 29.0 Å². The molecule has 1 N–H and O–H groups in total. The van der Waals surface area contributed by atoms with Crippen LogP contribution < -0.4 is 10.2 Å². The molecule has 110 valence electrons. The molecule has 0 radical (unpaired) electrons. The van der Waals surface area contributed by atoms with Crippen LogP contribution in [0.1, 0.15) is 11.1 Å². The van der Waals surface area contributed by atoms with Gasteiger partial charge in [-0.2, -0.15) is 0 Å². The first-order valence-electron chi connectivity index (χ1n) is 6.47. The Morgan fingerprint density at radius 1 is 1.33 bits per heavy atom. The summed E-state index contributed by atoms with van der Waals surface area (Å²) < 4.78 is 0. The number of anilines is 2. The second-order valence-corrected chi connectivity index (χ2v) is 4.68. The highest BCUT2D eigenvalue weighted by atomic mass is 16.6. The highest BCUT2D eigenvalue weighted by molar-refractivity contribution is 5.69. The molecule has 1 aromatic carbocycles. The smallest absolute Gasteiger partial charge is 0.353 e. The number of aryl methyl sites for hydroxylation is 1. The number of rotatable bonds is 5. The predicted molar refractivity (Wildman–Crippen MR) is 81.5 cm³/mol. The van der Waals surface area contributed by atoms with Gasteiger partial charge in [0, 0.05) is 20.6 Å². The minimum atomic E-state index is -0.463. The average Bonchev–Trinajstić information content (AvgIpc) is 2.48. The number of nitrogens with zero attached hydrogens (tertiary/aromatic N) is 4. The SMILES string of the molecule is CNc1ncnc(N(C)Cc2ccccc2C)c1[N+](=O)[O-]. The van der Waals surface area contributed by atoms with Gasteiger partial charge in [-0.3, -0.25) is 10.1 Å². The van der Waals surface area contributed by atoms with Crippen LogP contribution in [0.2, 0.25) is 0 Å². The lowest BCUT2D eigenvalue weighted by Gasteiger charge is -2.19. The van der Waals surface area contributed by atoms with Gasteiger partial charge in [-0.15, -0.1) is 0 Å². The maximum absolute atomic E-state index is 11.3. The van der Waals surface area contributed by atoms with Crippen LogP contribution in [0.15, 0.2) is 30.6 Å². The van der Waals surface area contributed by atoms with Crippen molar-refractivity contribution in [1.29, 1.82) is 0 Å². The summed E-state index contributed by atoms with van der Waals surface area (Å²) in [6.45, 7) is 2.55. The van der Waals surface area contributed by atoms with Crippen molar-refractivity contribution in [2.75, 3.05) is 24.3 Å². The van der Waals surface area contributed by atoms with Crippen molar-refractivity contribution in [3.63, 3.8) is 0 Å². The number of nitrogens with one attached hydrogen (secondary N) is 1. The summed E-state index contributed by atoms with van der Waals surface area (Å²) in [6, 6.07) is 7.92. The summed E-state index contributed by atoms with van der Waals surface area (Å²) in [7, 11) is 3.38. The molecule has 0 aliphatic carbocycles. The lowest BCUT2D eigenvalue weighted by atomic mass is 10.1. The summed E-state index contributed by atoms with van der Waals surface area (Å²) >= 11 is 0. The number of benzene rings is 1. The van der Waals surface area contributed by atoms with Gasteiger partial charge < -0.3 is 10.2 Å². The third-order valence-corrected chi connectivity index (χ3v) is 3.25. The van der Waals surface area contributed by atoms with Crippen LogP contribution in [-0.2, 0) is 6.54 Å². The molecule has 0 amide bonds. The molecule has 0 saturated heterocycles. The van der Waals surface area contributed by atoms with Crippen LogP contribution in [0.5, 0.6) is 0 Å². The van der Waals surface area contributed by atoms with E-state index in [1.54, 1.807) is 19.0 Å². The van der Waals surface area contributed by atoms with E-state index in [9.17, 15) is 10.1 Å². The zero-order chi connectivity index (χ0) is 15.4. The average molecular weight is 287 g/mol. The van der Waals surface area contributed by atoms with E-state index in [1.165, 1.54) is 6.33 Å². The van der Waals surface area contributed by atoms with Crippen LogP contribution >= 0.6 is 0 Å². The van der Waals surface area contributed by atoms with Crippen LogP contribution in [0.25, 0.3) is 0 Å². The maximum Gasteiger partial charge on any atom is 0.353 e. The zero-order valence-electron chi connectivity index (χ0n) is 12.2. The van der Waals surface area contributed by atoms with Crippen molar-refractivity contribution < 1.29 is 4.92 Å². The van der Waals surface area contributed by atoms with E-state index in [0.717, 1.165) is 11.1 Å². The Hall–Kier alpha value is -2.70. The maximum atomic E-state index is 11.3. The first-order valence-corrected chi connectivity index (χ1v) is 6.47. The van der Waals surface area contributed by atoms with Gasteiger partial charge in [-0.05, 0) is 18.1 Å². The van der Waals surface area contributed by atoms with Gasteiger partial charge >= 0.3 is 5.69 Å². The molecule has 0 spiro atoms.